The van der Waals surface area contributed by atoms with Gasteiger partial charge in [0.15, 0.2) is 0 Å². The van der Waals surface area contributed by atoms with Crippen LogP contribution in [0.15, 0.2) is 30.6 Å². The molecule has 0 aliphatic heterocycles. The second-order valence-electron chi connectivity index (χ2n) is 4.59. The first-order valence-corrected chi connectivity index (χ1v) is 6.56. The molecular formula is C14H15N3O4. The Balaban J connectivity index is 2.12. The van der Waals surface area contributed by atoms with Crippen molar-refractivity contribution in [3.63, 3.8) is 0 Å². The molecule has 0 unspecified atom stereocenters. The number of unbranched alkanes of at least 4 members (excludes halogenated alkanes) is 1. The minimum Gasteiger partial charge on any atom is -0.481 e. The Morgan fingerprint density at radius 3 is 2.81 bits per heavy atom. The SMILES string of the molecule is O=C(O)CCCCNc1ccc([N+](=O)[O-])c2ccncc12. The summed E-state index contributed by atoms with van der Waals surface area (Å²) in [5.74, 6) is -0.806. The molecule has 0 amide bonds. The molecular weight excluding hydrogens is 274 g/mol. The molecule has 0 atom stereocenters. The van der Waals surface area contributed by atoms with Crippen molar-refractivity contribution in [3.8, 4) is 0 Å². The standard InChI is InChI=1S/C14H15N3O4/c18-14(19)3-1-2-7-16-12-4-5-13(17(20)21)10-6-8-15-9-11(10)12/h4-6,8-9,16H,1-3,7H2,(H,18,19). The number of nitrogens with one attached hydrogen (secondary N) is 1. The van der Waals surface area contributed by atoms with E-state index in [0.717, 1.165) is 5.69 Å². The van der Waals surface area contributed by atoms with Crippen LogP contribution in [0.4, 0.5) is 11.4 Å². The quantitative estimate of drug-likeness (QED) is 0.461. The van der Waals surface area contributed by atoms with E-state index in [1.807, 2.05) is 0 Å². The van der Waals surface area contributed by atoms with Gasteiger partial charge in [0.2, 0.25) is 0 Å². The normalized spacial score (nSPS) is 10.5. The molecule has 1 aromatic heterocycles. The van der Waals surface area contributed by atoms with Crippen molar-refractivity contribution in [1.29, 1.82) is 0 Å². The van der Waals surface area contributed by atoms with Gasteiger partial charge in [0.25, 0.3) is 5.69 Å². The molecule has 7 nitrogen and oxygen atoms in total. The molecule has 2 aromatic rings. The molecule has 2 rings (SSSR count). The number of nitro benzene ring substituents is 1. The highest BCUT2D eigenvalue weighted by atomic mass is 16.6. The van der Waals surface area contributed by atoms with Crippen molar-refractivity contribution in [2.24, 2.45) is 0 Å². The first kappa shape index (κ1) is 14.7. The van der Waals surface area contributed by atoms with E-state index in [2.05, 4.69) is 10.3 Å². The van der Waals surface area contributed by atoms with Gasteiger partial charge in [-0.15, -0.1) is 0 Å². The van der Waals surface area contributed by atoms with Crippen molar-refractivity contribution in [2.45, 2.75) is 19.3 Å². The highest BCUT2D eigenvalue weighted by molar-refractivity contribution is 5.99. The third kappa shape index (κ3) is 3.65. The van der Waals surface area contributed by atoms with Crippen molar-refractivity contribution in [3.05, 3.63) is 40.7 Å². The Morgan fingerprint density at radius 2 is 2.10 bits per heavy atom. The van der Waals surface area contributed by atoms with Gasteiger partial charge in [-0.3, -0.25) is 19.9 Å². The molecule has 0 spiro atoms. The number of hydrogen-bond donors (Lipinski definition) is 2. The number of carbonyl (C=O) groups is 1. The number of carboxylic acids is 1. The van der Waals surface area contributed by atoms with Crippen LogP contribution >= 0.6 is 0 Å². The van der Waals surface area contributed by atoms with E-state index in [1.165, 1.54) is 12.3 Å². The van der Waals surface area contributed by atoms with Gasteiger partial charge in [-0.05, 0) is 25.0 Å². The van der Waals surface area contributed by atoms with E-state index in [1.54, 1.807) is 18.3 Å². The molecule has 1 aromatic carbocycles. The molecule has 0 aliphatic rings. The molecule has 1 heterocycles. The highest BCUT2D eigenvalue weighted by Gasteiger charge is 2.13. The predicted molar refractivity (Wildman–Crippen MR) is 78.4 cm³/mol. The number of nitro groups is 1. The fourth-order valence-electron chi connectivity index (χ4n) is 2.11. The topological polar surface area (TPSA) is 105 Å². The number of benzene rings is 1. The van der Waals surface area contributed by atoms with Crippen molar-refractivity contribution < 1.29 is 14.8 Å². The monoisotopic (exact) mass is 289 g/mol. The average Bonchev–Trinajstić information content (AvgIpc) is 2.46. The van der Waals surface area contributed by atoms with Crippen LogP contribution < -0.4 is 5.32 Å². The number of anilines is 1. The summed E-state index contributed by atoms with van der Waals surface area (Å²) in [6, 6.07) is 4.73. The average molecular weight is 289 g/mol. The molecule has 2 N–H and O–H groups in total. The number of carboxylic acid groups (broad SMARTS) is 1. The van der Waals surface area contributed by atoms with Crippen LogP contribution in [0.3, 0.4) is 0 Å². The lowest BCUT2D eigenvalue weighted by Crippen LogP contribution is -2.04. The number of hydrogen-bond acceptors (Lipinski definition) is 5. The van der Waals surface area contributed by atoms with E-state index in [0.29, 0.717) is 30.2 Å². The van der Waals surface area contributed by atoms with Gasteiger partial charge in [-0.25, -0.2) is 0 Å². The Hall–Kier alpha value is -2.70. The predicted octanol–water partition coefficient (Wildman–Crippen LogP) is 2.81. The van der Waals surface area contributed by atoms with Gasteiger partial charge >= 0.3 is 5.97 Å². The first-order valence-electron chi connectivity index (χ1n) is 6.56. The van der Waals surface area contributed by atoms with Crippen LogP contribution in [-0.2, 0) is 4.79 Å². The van der Waals surface area contributed by atoms with Gasteiger partial charge in [-0.1, -0.05) is 0 Å². The van der Waals surface area contributed by atoms with E-state index >= 15 is 0 Å². The molecule has 0 saturated carbocycles. The van der Waals surface area contributed by atoms with Gasteiger partial charge in [0.05, 0.1) is 10.3 Å². The summed E-state index contributed by atoms with van der Waals surface area (Å²) < 4.78 is 0. The second-order valence-corrected chi connectivity index (χ2v) is 4.59. The number of rotatable bonds is 7. The van der Waals surface area contributed by atoms with Gasteiger partial charge in [0.1, 0.15) is 0 Å². The van der Waals surface area contributed by atoms with E-state index < -0.39 is 10.9 Å². The number of non-ortho nitro benzene ring substituents is 1. The molecule has 0 radical (unpaired) electrons. The maximum atomic E-state index is 11.0. The number of nitrogens with zero attached hydrogens (tertiary/aromatic N) is 2. The van der Waals surface area contributed by atoms with Gasteiger partial charge in [0, 0.05) is 42.5 Å². The summed E-state index contributed by atoms with van der Waals surface area (Å²) >= 11 is 0. The van der Waals surface area contributed by atoms with E-state index in [4.69, 9.17) is 5.11 Å². The zero-order chi connectivity index (χ0) is 15.2. The van der Waals surface area contributed by atoms with Crippen molar-refractivity contribution >= 4 is 28.1 Å². The zero-order valence-corrected chi connectivity index (χ0v) is 11.3. The third-order valence-electron chi connectivity index (χ3n) is 3.12. The van der Waals surface area contributed by atoms with E-state index in [9.17, 15) is 14.9 Å². The van der Waals surface area contributed by atoms with Crippen LogP contribution in [0, 0.1) is 10.1 Å². The van der Waals surface area contributed by atoms with Crippen molar-refractivity contribution in [1.82, 2.24) is 4.98 Å². The Kier molecular flexibility index (Phi) is 4.65. The van der Waals surface area contributed by atoms with Gasteiger partial charge in [-0.2, -0.15) is 0 Å². The molecule has 0 fully saturated rings. The summed E-state index contributed by atoms with van der Waals surface area (Å²) in [6.07, 6.45) is 4.55. The Labute approximate surface area is 120 Å². The van der Waals surface area contributed by atoms with Crippen LogP contribution in [0.2, 0.25) is 0 Å². The van der Waals surface area contributed by atoms with E-state index in [-0.39, 0.29) is 12.1 Å². The second kappa shape index (κ2) is 6.65. The molecule has 0 saturated heterocycles. The van der Waals surface area contributed by atoms with Crippen LogP contribution in [-0.4, -0.2) is 27.5 Å². The van der Waals surface area contributed by atoms with Gasteiger partial charge < -0.3 is 10.4 Å². The molecule has 7 heteroatoms. The lowest BCUT2D eigenvalue weighted by molar-refractivity contribution is -0.383. The summed E-state index contributed by atoms with van der Waals surface area (Å²) in [6.45, 7) is 0.606. The smallest absolute Gasteiger partial charge is 0.303 e. The largest absolute Gasteiger partial charge is 0.481 e. The number of fused-ring (bicyclic) bond motifs is 1. The highest BCUT2D eigenvalue weighted by Crippen LogP contribution is 2.30. The summed E-state index contributed by atoms with van der Waals surface area (Å²) in [4.78, 5) is 25.0. The lowest BCUT2D eigenvalue weighted by Gasteiger charge is -2.09. The molecule has 0 aliphatic carbocycles. The number of aromatic nitrogens is 1. The Bertz CT molecular complexity index is 672. The van der Waals surface area contributed by atoms with Crippen LogP contribution in [0.25, 0.3) is 10.8 Å². The lowest BCUT2D eigenvalue weighted by atomic mass is 10.1. The molecule has 110 valence electrons. The minimum absolute atomic E-state index is 0.0452. The van der Waals surface area contributed by atoms with Crippen LogP contribution in [0.5, 0.6) is 0 Å². The third-order valence-corrected chi connectivity index (χ3v) is 3.12. The number of aliphatic carboxylic acids is 1. The summed E-state index contributed by atoms with van der Waals surface area (Å²) in [5, 5.41) is 23.9. The Morgan fingerprint density at radius 1 is 1.29 bits per heavy atom. The number of pyridine rings is 1. The molecule has 21 heavy (non-hydrogen) atoms. The molecule has 0 bridgehead atoms. The minimum atomic E-state index is -0.806. The van der Waals surface area contributed by atoms with Crippen LogP contribution in [0.1, 0.15) is 19.3 Å². The maximum absolute atomic E-state index is 11.0. The maximum Gasteiger partial charge on any atom is 0.303 e. The summed E-state index contributed by atoms with van der Waals surface area (Å²) in [5.41, 5.74) is 0.808. The zero-order valence-electron chi connectivity index (χ0n) is 11.3. The summed E-state index contributed by atoms with van der Waals surface area (Å²) in [7, 11) is 0. The fourth-order valence-corrected chi connectivity index (χ4v) is 2.11. The first-order chi connectivity index (χ1) is 10.1. The fraction of sp³-hybridized carbons (Fsp3) is 0.286. The van der Waals surface area contributed by atoms with Crippen molar-refractivity contribution in [2.75, 3.05) is 11.9 Å².